The third kappa shape index (κ3) is 2.38. The van der Waals surface area contributed by atoms with Crippen LogP contribution in [0.1, 0.15) is 26.2 Å². The molecule has 0 aromatic carbocycles. The van der Waals surface area contributed by atoms with Crippen molar-refractivity contribution in [2.75, 3.05) is 20.2 Å². The lowest BCUT2D eigenvalue weighted by Crippen LogP contribution is -2.41. The fourth-order valence-corrected chi connectivity index (χ4v) is 2.16. The van der Waals surface area contributed by atoms with Crippen LogP contribution < -0.4 is 5.73 Å². The number of carbonyl (C=O) groups excluding carboxylic acids is 1. The fourth-order valence-electron chi connectivity index (χ4n) is 2.16. The summed E-state index contributed by atoms with van der Waals surface area (Å²) in [6.45, 7) is 2.92. The zero-order valence-electron chi connectivity index (χ0n) is 9.03. The summed E-state index contributed by atoms with van der Waals surface area (Å²) in [4.78, 5) is 13.2. The topological polar surface area (TPSA) is 55.6 Å². The molecule has 0 aromatic rings. The summed E-state index contributed by atoms with van der Waals surface area (Å²) in [6.07, 6.45) is 3.12. The molecule has 0 spiro atoms. The van der Waals surface area contributed by atoms with Crippen molar-refractivity contribution in [1.29, 1.82) is 0 Å². The van der Waals surface area contributed by atoms with Crippen LogP contribution in [-0.4, -0.2) is 37.2 Å². The van der Waals surface area contributed by atoms with Crippen LogP contribution >= 0.6 is 0 Å². The molecule has 1 amide bonds. The number of rotatable bonds is 3. The third-order valence-electron chi connectivity index (χ3n) is 2.97. The van der Waals surface area contributed by atoms with Gasteiger partial charge in [-0.1, -0.05) is 6.42 Å². The van der Waals surface area contributed by atoms with Crippen LogP contribution in [0.5, 0.6) is 0 Å². The van der Waals surface area contributed by atoms with Crippen molar-refractivity contribution in [2.24, 2.45) is 11.7 Å². The highest BCUT2D eigenvalue weighted by atomic mass is 16.6. The minimum atomic E-state index is -0.224. The standard InChI is InChI=1S/C10H20N2O2/c1-3-14-10(13)12(2)9-6-4-5-8(9)7-11/h8-9H,3-7,11H2,1-2H3. The molecule has 1 fully saturated rings. The van der Waals surface area contributed by atoms with E-state index in [0.717, 1.165) is 19.3 Å². The first kappa shape index (κ1) is 11.3. The maximum Gasteiger partial charge on any atom is 0.409 e. The van der Waals surface area contributed by atoms with Crippen LogP contribution in [0.15, 0.2) is 0 Å². The van der Waals surface area contributed by atoms with Crippen molar-refractivity contribution >= 4 is 6.09 Å². The molecule has 2 N–H and O–H groups in total. The van der Waals surface area contributed by atoms with E-state index >= 15 is 0 Å². The summed E-state index contributed by atoms with van der Waals surface area (Å²) < 4.78 is 4.96. The van der Waals surface area contributed by atoms with Crippen molar-refractivity contribution < 1.29 is 9.53 Å². The second kappa shape index (κ2) is 5.20. The van der Waals surface area contributed by atoms with E-state index in [-0.39, 0.29) is 12.1 Å². The van der Waals surface area contributed by atoms with Crippen LogP contribution in [0, 0.1) is 5.92 Å². The van der Waals surface area contributed by atoms with Gasteiger partial charge in [0.05, 0.1) is 6.61 Å². The molecule has 0 aliphatic heterocycles. The predicted molar refractivity (Wildman–Crippen MR) is 55.0 cm³/mol. The Morgan fingerprint density at radius 3 is 2.86 bits per heavy atom. The van der Waals surface area contributed by atoms with E-state index in [0.29, 0.717) is 19.1 Å². The number of amides is 1. The molecule has 0 heterocycles. The first-order valence-corrected chi connectivity index (χ1v) is 5.30. The van der Waals surface area contributed by atoms with Gasteiger partial charge < -0.3 is 15.4 Å². The Morgan fingerprint density at radius 1 is 1.57 bits per heavy atom. The molecule has 1 aliphatic rings. The zero-order chi connectivity index (χ0) is 10.6. The molecular formula is C10H20N2O2. The van der Waals surface area contributed by atoms with Crippen LogP contribution in [0.4, 0.5) is 4.79 Å². The van der Waals surface area contributed by atoms with Gasteiger partial charge in [-0.3, -0.25) is 0 Å². The van der Waals surface area contributed by atoms with E-state index in [1.807, 2.05) is 6.92 Å². The highest BCUT2D eigenvalue weighted by Gasteiger charge is 2.32. The molecule has 0 aromatic heterocycles. The smallest absolute Gasteiger partial charge is 0.409 e. The van der Waals surface area contributed by atoms with Crippen LogP contribution in [-0.2, 0) is 4.74 Å². The summed E-state index contributed by atoms with van der Waals surface area (Å²) >= 11 is 0. The molecular weight excluding hydrogens is 180 g/mol. The molecule has 4 heteroatoms. The van der Waals surface area contributed by atoms with Gasteiger partial charge in [0.25, 0.3) is 0 Å². The molecule has 0 radical (unpaired) electrons. The average Bonchev–Trinajstić information content (AvgIpc) is 2.64. The Kier molecular flexibility index (Phi) is 4.20. The van der Waals surface area contributed by atoms with Gasteiger partial charge in [-0.05, 0) is 32.2 Å². The Morgan fingerprint density at radius 2 is 2.29 bits per heavy atom. The highest BCUT2D eigenvalue weighted by Crippen LogP contribution is 2.28. The van der Waals surface area contributed by atoms with E-state index in [9.17, 15) is 4.79 Å². The highest BCUT2D eigenvalue weighted by molar-refractivity contribution is 5.67. The Balaban J connectivity index is 2.50. The van der Waals surface area contributed by atoms with E-state index in [2.05, 4.69) is 0 Å². The van der Waals surface area contributed by atoms with Gasteiger partial charge in [0.1, 0.15) is 0 Å². The molecule has 4 nitrogen and oxygen atoms in total. The quantitative estimate of drug-likeness (QED) is 0.744. The molecule has 2 unspecified atom stereocenters. The summed E-state index contributed by atoms with van der Waals surface area (Å²) in [5.41, 5.74) is 5.66. The Bertz CT molecular complexity index is 197. The molecule has 1 rings (SSSR count). The largest absolute Gasteiger partial charge is 0.450 e. The van der Waals surface area contributed by atoms with Crippen molar-refractivity contribution in [2.45, 2.75) is 32.2 Å². The molecule has 14 heavy (non-hydrogen) atoms. The monoisotopic (exact) mass is 200 g/mol. The normalized spacial score (nSPS) is 26.2. The number of ether oxygens (including phenoxy) is 1. The maximum absolute atomic E-state index is 11.5. The minimum Gasteiger partial charge on any atom is -0.450 e. The predicted octanol–water partition coefficient (Wildman–Crippen LogP) is 1.20. The molecule has 82 valence electrons. The lowest BCUT2D eigenvalue weighted by Gasteiger charge is -2.28. The molecule has 0 bridgehead atoms. The third-order valence-corrected chi connectivity index (χ3v) is 2.97. The van der Waals surface area contributed by atoms with E-state index in [4.69, 9.17) is 10.5 Å². The van der Waals surface area contributed by atoms with Gasteiger partial charge in [-0.25, -0.2) is 4.79 Å². The van der Waals surface area contributed by atoms with Crippen LogP contribution in [0.2, 0.25) is 0 Å². The molecule has 1 saturated carbocycles. The van der Waals surface area contributed by atoms with Crippen molar-refractivity contribution in [3.05, 3.63) is 0 Å². The fraction of sp³-hybridized carbons (Fsp3) is 0.900. The van der Waals surface area contributed by atoms with Gasteiger partial charge >= 0.3 is 6.09 Å². The maximum atomic E-state index is 11.5. The van der Waals surface area contributed by atoms with Gasteiger partial charge in [0.15, 0.2) is 0 Å². The summed E-state index contributed by atoms with van der Waals surface area (Å²) in [6, 6.07) is 0.277. The molecule has 0 saturated heterocycles. The minimum absolute atomic E-state index is 0.224. The summed E-state index contributed by atoms with van der Waals surface area (Å²) in [5.74, 6) is 0.449. The lowest BCUT2D eigenvalue weighted by atomic mass is 10.0. The number of nitrogens with zero attached hydrogens (tertiary/aromatic N) is 1. The average molecular weight is 200 g/mol. The SMILES string of the molecule is CCOC(=O)N(C)C1CCCC1CN. The van der Waals surface area contributed by atoms with Crippen molar-refractivity contribution in [3.8, 4) is 0 Å². The van der Waals surface area contributed by atoms with Crippen LogP contribution in [0.25, 0.3) is 0 Å². The van der Waals surface area contributed by atoms with Crippen LogP contribution in [0.3, 0.4) is 0 Å². The van der Waals surface area contributed by atoms with Gasteiger partial charge in [0, 0.05) is 13.1 Å². The van der Waals surface area contributed by atoms with Gasteiger partial charge in [-0.15, -0.1) is 0 Å². The van der Waals surface area contributed by atoms with E-state index in [1.54, 1.807) is 11.9 Å². The Hall–Kier alpha value is -0.770. The second-order valence-corrected chi connectivity index (χ2v) is 3.80. The number of hydrogen-bond acceptors (Lipinski definition) is 3. The van der Waals surface area contributed by atoms with Crippen molar-refractivity contribution in [1.82, 2.24) is 4.90 Å². The van der Waals surface area contributed by atoms with Gasteiger partial charge in [0.2, 0.25) is 0 Å². The van der Waals surface area contributed by atoms with Gasteiger partial charge in [-0.2, -0.15) is 0 Å². The first-order valence-electron chi connectivity index (χ1n) is 5.30. The molecule has 1 aliphatic carbocycles. The summed E-state index contributed by atoms with van der Waals surface area (Å²) in [5, 5.41) is 0. The summed E-state index contributed by atoms with van der Waals surface area (Å²) in [7, 11) is 1.80. The second-order valence-electron chi connectivity index (χ2n) is 3.80. The van der Waals surface area contributed by atoms with E-state index in [1.165, 1.54) is 0 Å². The number of nitrogens with two attached hydrogens (primary N) is 1. The number of hydrogen-bond donors (Lipinski definition) is 1. The van der Waals surface area contributed by atoms with Crippen molar-refractivity contribution in [3.63, 3.8) is 0 Å². The first-order chi connectivity index (χ1) is 6.70. The molecule has 2 atom stereocenters. The number of carbonyl (C=O) groups is 1. The van der Waals surface area contributed by atoms with E-state index < -0.39 is 0 Å². The zero-order valence-corrected chi connectivity index (χ0v) is 9.03. The Labute approximate surface area is 85.4 Å². The lowest BCUT2D eigenvalue weighted by molar-refractivity contribution is 0.0942.